The third-order valence-electron chi connectivity index (χ3n) is 4.16. The molecule has 1 aliphatic rings. The predicted molar refractivity (Wildman–Crippen MR) is 87.8 cm³/mol. The van der Waals surface area contributed by atoms with Crippen LogP contribution in [0, 0.1) is 0 Å². The molecule has 3 N–H and O–H groups in total. The Bertz CT molecular complexity index is 597. The number of nitrogens with one attached hydrogen (secondary N) is 2. The molecule has 1 fully saturated rings. The highest BCUT2D eigenvalue weighted by Crippen LogP contribution is 2.24. The van der Waals surface area contributed by atoms with Crippen molar-refractivity contribution in [1.82, 2.24) is 20.4 Å². The molecule has 134 valence electrons. The van der Waals surface area contributed by atoms with E-state index in [1.54, 1.807) is 4.90 Å². The Morgan fingerprint density at radius 1 is 1.42 bits per heavy atom. The van der Waals surface area contributed by atoms with E-state index in [0.29, 0.717) is 25.2 Å². The summed E-state index contributed by atoms with van der Waals surface area (Å²) < 4.78 is 5.40. The molecule has 0 aromatic carbocycles. The van der Waals surface area contributed by atoms with Gasteiger partial charge < -0.3 is 20.1 Å². The molecule has 1 aromatic heterocycles. The molecule has 1 aliphatic heterocycles. The number of carbonyl (C=O) groups is 2. The van der Waals surface area contributed by atoms with Crippen molar-refractivity contribution in [3.8, 4) is 0 Å². The minimum Gasteiger partial charge on any atom is -0.477 e. The van der Waals surface area contributed by atoms with Crippen LogP contribution < -0.4 is 5.32 Å². The van der Waals surface area contributed by atoms with Crippen LogP contribution in [0.2, 0.25) is 0 Å². The van der Waals surface area contributed by atoms with Gasteiger partial charge in [-0.15, -0.1) is 0 Å². The normalized spacial score (nSPS) is 17.6. The minimum atomic E-state index is -1.02. The Hall–Kier alpha value is -2.09. The van der Waals surface area contributed by atoms with Crippen molar-refractivity contribution in [3.05, 3.63) is 17.5 Å². The second-order valence-electron chi connectivity index (χ2n) is 7.46. The first-order chi connectivity index (χ1) is 11.1. The lowest BCUT2D eigenvalue weighted by molar-refractivity contribution is 0.0156. The molecule has 2 heterocycles. The minimum absolute atomic E-state index is 0.109. The summed E-state index contributed by atoms with van der Waals surface area (Å²) in [5.74, 6) is -1.02. The number of hydrogen-bond donors (Lipinski definition) is 3. The number of carboxylic acid groups (broad SMARTS) is 1. The smallest absolute Gasteiger partial charge is 0.410 e. The first-order valence-corrected chi connectivity index (χ1v) is 8.08. The van der Waals surface area contributed by atoms with E-state index in [9.17, 15) is 9.59 Å². The SMILES string of the molecule is CC1(NCc2cn[nH]c2C(=O)O)CCN(C(=O)OC(C)(C)C)CC1. The van der Waals surface area contributed by atoms with E-state index in [1.165, 1.54) is 6.20 Å². The second kappa shape index (κ2) is 6.80. The number of hydrogen-bond acceptors (Lipinski definition) is 5. The Morgan fingerprint density at radius 3 is 2.58 bits per heavy atom. The van der Waals surface area contributed by atoms with Crippen LogP contribution >= 0.6 is 0 Å². The molecule has 0 aliphatic carbocycles. The maximum absolute atomic E-state index is 12.1. The number of aromatic nitrogens is 2. The number of H-pyrrole nitrogens is 1. The highest BCUT2D eigenvalue weighted by atomic mass is 16.6. The summed E-state index contributed by atoms with van der Waals surface area (Å²) in [6, 6.07) is 0. The number of likely N-dealkylation sites (tertiary alicyclic amines) is 1. The van der Waals surface area contributed by atoms with Gasteiger partial charge in [-0.3, -0.25) is 5.10 Å². The van der Waals surface area contributed by atoms with Gasteiger partial charge >= 0.3 is 12.1 Å². The van der Waals surface area contributed by atoms with Crippen LogP contribution in [0.15, 0.2) is 6.20 Å². The summed E-state index contributed by atoms with van der Waals surface area (Å²) in [7, 11) is 0. The molecule has 0 spiro atoms. The van der Waals surface area contributed by atoms with Crippen LogP contribution in [0.4, 0.5) is 4.79 Å². The Morgan fingerprint density at radius 2 is 2.04 bits per heavy atom. The number of carboxylic acids is 1. The number of rotatable bonds is 4. The van der Waals surface area contributed by atoms with Crippen molar-refractivity contribution in [2.24, 2.45) is 0 Å². The fraction of sp³-hybridized carbons (Fsp3) is 0.688. The van der Waals surface area contributed by atoms with Crippen molar-refractivity contribution in [2.45, 2.75) is 58.2 Å². The van der Waals surface area contributed by atoms with Crippen LogP contribution in [0.1, 0.15) is 56.6 Å². The fourth-order valence-electron chi connectivity index (χ4n) is 2.62. The molecule has 0 bridgehead atoms. The van der Waals surface area contributed by atoms with E-state index in [4.69, 9.17) is 9.84 Å². The van der Waals surface area contributed by atoms with E-state index in [-0.39, 0.29) is 17.3 Å². The molecule has 0 radical (unpaired) electrons. The molecule has 8 heteroatoms. The number of carbonyl (C=O) groups excluding carboxylic acids is 1. The first kappa shape index (κ1) is 18.3. The van der Waals surface area contributed by atoms with Gasteiger partial charge in [-0.1, -0.05) is 0 Å². The van der Waals surface area contributed by atoms with Crippen molar-refractivity contribution in [1.29, 1.82) is 0 Å². The van der Waals surface area contributed by atoms with Gasteiger partial charge in [0.15, 0.2) is 0 Å². The second-order valence-corrected chi connectivity index (χ2v) is 7.46. The maximum atomic E-state index is 12.1. The molecule has 1 aromatic rings. The van der Waals surface area contributed by atoms with Gasteiger partial charge in [0.25, 0.3) is 0 Å². The largest absolute Gasteiger partial charge is 0.477 e. The molecule has 0 atom stereocenters. The third kappa shape index (κ3) is 4.70. The zero-order valence-electron chi connectivity index (χ0n) is 14.7. The van der Waals surface area contributed by atoms with Crippen molar-refractivity contribution < 1.29 is 19.4 Å². The summed E-state index contributed by atoms with van der Waals surface area (Å²) in [6.07, 6.45) is 2.78. The molecule has 24 heavy (non-hydrogen) atoms. The molecule has 0 unspecified atom stereocenters. The highest BCUT2D eigenvalue weighted by molar-refractivity contribution is 5.86. The van der Waals surface area contributed by atoms with Gasteiger partial charge in [0.1, 0.15) is 11.3 Å². The van der Waals surface area contributed by atoms with E-state index >= 15 is 0 Å². The monoisotopic (exact) mass is 338 g/mol. The number of aromatic amines is 1. The van der Waals surface area contributed by atoms with E-state index in [0.717, 1.165) is 12.8 Å². The molecule has 2 rings (SSSR count). The lowest BCUT2D eigenvalue weighted by Crippen LogP contribution is -2.53. The lowest BCUT2D eigenvalue weighted by atomic mass is 9.89. The van der Waals surface area contributed by atoms with Gasteiger partial charge in [-0.05, 0) is 40.5 Å². The average Bonchev–Trinajstić information content (AvgIpc) is 2.93. The Balaban J connectivity index is 1.87. The number of aromatic carboxylic acids is 1. The highest BCUT2D eigenvalue weighted by Gasteiger charge is 2.33. The van der Waals surface area contributed by atoms with Crippen LogP contribution in [0.5, 0.6) is 0 Å². The summed E-state index contributed by atoms with van der Waals surface area (Å²) in [5.41, 5.74) is 0.0754. The van der Waals surface area contributed by atoms with Gasteiger partial charge in [0.2, 0.25) is 0 Å². The van der Waals surface area contributed by atoms with Crippen molar-refractivity contribution >= 4 is 12.1 Å². The predicted octanol–water partition coefficient (Wildman–Crippen LogP) is 1.99. The van der Waals surface area contributed by atoms with E-state index < -0.39 is 11.6 Å². The van der Waals surface area contributed by atoms with Crippen LogP contribution in [-0.2, 0) is 11.3 Å². The molecule has 8 nitrogen and oxygen atoms in total. The van der Waals surface area contributed by atoms with E-state index in [1.807, 2.05) is 20.8 Å². The number of ether oxygens (including phenoxy) is 1. The summed E-state index contributed by atoms with van der Waals surface area (Å²) in [4.78, 5) is 24.9. The third-order valence-corrected chi connectivity index (χ3v) is 4.16. The lowest BCUT2D eigenvalue weighted by Gasteiger charge is -2.40. The van der Waals surface area contributed by atoms with Gasteiger partial charge in [-0.2, -0.15) is 5.10 Å². The topological polar surface area (TPSA) is 108 Å². The summed E-state index contributed by atoms with van der Waals surface area (Å²) in [5, 5.41) is 18.8. The first-order valence-electron chi connectivity index (χ1n) is 8.08. The molecule has 0 saturated carbocycles. The van der Waals surface area contributed by atoms with Gasteiger partial charge in [0.05, 0.1) is 6.20 Å². The van der Waals surface area contributed by atoms with Crippen molar-refractivity contribution in [2.75, 3.05) is 13.1 Å². The standard InChI is InChI=1S/C16H26N4O4/c1-15(2,3)24-14(23)20-7-5-16(4,6-8-20)17-9-11-10-18-19-12(11)13(21)22/h10,17H,5-9H2,1-4H3,(H,18,19)(H,21,22). The number of amides is 1. The maximum Gasteiger partial charge on any atom is 0.410 e. The van der Waals surface area contributed by atoms with E-state index in [2.05, 4.69) is 22.4 Å². The summed E-state index contributed by atoms with van der Waals surface area (Å²) in [6.45, 7) is 9.27. The van der Waals surface area contributed by atoms with Crippen LogP contribution in [0.25, 0.3) is 0 Å². The van der Waals surface area contributed by atoms with Crippen molar-refractivity contribution in [3.63, 3.8) is 0 Å². The molecular weight excluding hydrogens is 312 g/mol. The Kier molecular flexibility index (Phi) is 5.17. The van der Waals surface area contributed by atoms with Crippen LogP contribution in [0.3, 0.4) is 0 Å². The molecular formula is C16H26N4O4. The van der Waals surface area contributed by atoms with Gasteiger partial charge in [-0.25, -0.2) is 9.59 Å². The molecule has 1 saturated heterocycles. The zero-order chi connectivity index (χ0) is 18.0. The average molecular weight is 338 g/mol. The fourth-order valence-corrected chi connectivity index (χ4v) is 2.62. The zero-order valence-corrected chi connectivity index (χ0v) is 14.7. The number of piperidine rings is 1. The quantitative estimate of drug-likeness (QED) is 0.775. The molecule has 1 amide bonds. The Labute approximate surface area is 141 Å². The summed E-state index contributed by atoms with van der Waals surface area (Å²) >= 11 is 0. The number of nitrogens with zero attached hydrogens (tertiary/aromatic N) is 2. The van der Waals surface area contributed by atoms with Crippen LogP contribution in [-0.4, -0.2) is 56.5 Å². The van der Waals surface area contributed by atoms with Gasteiger partial charge in [0, 0.05) is 30.7 Å².